The van der Waals surface area contributed by atoms with Gasteiger partial charge < -0.3 is 15.8 Å². The Labute approximate surface area is 140 Å². The summed E-state index contributed by atoms with van der Waals surface area (Å²) in [5.41, 5.74) is 7.02. The molecule has 120 valence electrons. The van der Waals surface area contributed by atoms with Gasteiger partial charge in [-0.25, -0.2) is 0 Å². The lowest BCUT2D eigenvalue weighted by atomic mass is 10.1. The van der Waals surface area contributed by atoms with Crippen LogP contribution in [0.25, 0.3) is 0 Å². The summed E-state index contributed by atoms with van der Waals surface area (Å²) in [7, 11) is 0. The van der Waals surface area contributed by atoms with Gasteiger partial charge in [-0.2, -0.15) is 12.6 Å². The van der Waals surface area contributed by atoms with Crippen molar-refractivity contribution < 1.29 is 14.3 Å². The molecule has 0 saturated carbocycles. The molecule has 2 aromatic rings. The Morgan fingerprint density at radius 1 is 1.13 bits per heavy atom. The van der Waals surface area contributed by atoms with E-state index in [1.54, 1.807) is 42.5 Å². The van der Waals surface area contributed by atoms with Crippen LogP contribution in [-0.4, -0.2) is 24.1 Å². The Morgan fingerprint density at radius 3 is 2.65 bits per heavy atom. The van der Waals surface area contributed by atoms with Crippen LogP contribution < -0.4 is 15.8 Å². The van der Waals surface area contributed by atoms with Gasteiger partial charge in [0.05, 0.1) is 5.56 Å². The van der Waals surface area contributed by atoms with E-state index >= 15 is 0 Å². The fraction of sp³-hybridized carbons (Fsp3) is 0.176. The maximum absolute atomic E-state index is 11.9. The Balaban J connectivity index is 2.07. The van der Waals surface area contributed by atoms with Crippen LogP contribution in [0.15, 0.2) is 48.5 Å². The number of nitrogens with two attached hydrogens (primary N) is 1. The fourth-order valence-corrected chi connectivity index (χ4v) is 2.14. The zero-order chi connectivity index (χ0) is 16.7. The molecule has 0 fully saturated rings. The quantitative estimate of drug-likeness (QED) is 0.679. The molecule has 6 heteroatoms. The minimum Gasteiger partial charge on any atom is -0.488 e. The second-order valence-electron chi connectivity index (χ2n) is 4.83. The molecule has 0 atom stereocenters. The molecule has 2 aromatic carbocycles. The van der Waals surface area contributed by atoms with Gasteiger partial charge in [0.2, 0.25) is 0 Å². The topological polar surface area (TPSA) is 81.4 Å². The molecule has 0 bridgehead atoms. The molecule has 2 amide bonds. The Hall–Kier alpha value is -2.47. The molecule has 3 N–H and O–H groups in total. The van der Waals surface area contributed by atoms with Gasteiger partial charge in [0.15, 0.2) is 0 Å². The maximum Gasteiger partial charge on any atom is 0.252 e. The molecule has 0 saturated heterocycles. The van der Waals surface area contributed by atoms with E-state index in [1.807, 2.05) is 6.07 Å². The molecule has 0 aliphatic heterocycles. The lowest BCUT2D eigenvalue weighted by Gasteiger charge is -2.10. The number of nitrogens with one attached hydrogen (secondary N) is 1. The minimum absolute atomic E-state index is 0.154. The third kappa shape index (κ3) is 4.75. The highest BCUT2D eigenvalue weighted by Crippen LogP contribution is 2.19. The highest BCUT2D eigenvalue weighted by atomic mass is 32.1. The van der Waals surface area contributed by atoms with Crippen molar-refractivity contribution in [3.63, 3.8) is 0 Å². The summed E-state index contributed by atoms with van der Waals surface area (Å²) in [6, 6.07) is 13.9. The van der Waals surface area contributed by atoms with Crippen LogP contribution in [0, 0.1) is 0 Å². The molecule has 23 heavy (non-hydrogen) atoms. The van der Waals surface area contributed by atoms with Gasteiger partial charge in [-0.05, 0) is 29.8 Å². The van der Waals surface area contributed by atoms with Crippen molar-refractivity contribution in [3.8, 4) is 5.75 Å². The molecule has 2 rings (SSSR count). The van der Waals surface area contributed by atoms with Gasteiger partial charge in [-0.1, -0.05) is 24.3 Å². The van der Waals surface area contributed by atoms with Crippen LogP contribution in [0.3, 0.4) is 0 Å². The van der Waals surface area contributed by atoms with E-state index in [0.717, 1.165) is 5.56 Å². The number of carbonyl (C=O) groups excluding carboxylic acids is 2. The SMILES string of the molecule is NC(=O)c1ccccc1OCc1cccc(C(=O)NCCS)c1. The second-order valence-corrected chi connectivity index (χ2v) is 5.28. The maximum atomic E-state index is 11.9. The first-order valence-electron chi connectivity index (χ1n) is 7.11. The summed E-state index contributed by atoms with van der Waals surface area (Å²) >= 11 is 4.06. The molecule has 0 unspecified atom stereocenters. The number of amides is 2. The van der Waals surface area contributed by atoms with Crippen LogP contribution in [0.4, 0.5) is 0 Å². The largest absolute Gasteiger partial charge is 0.488 e. The summed E-state index contributed by atoms with van der Waals surface area (Å²) in [5.74, 6) is 0.308. The Kier molecular flexibility index (Phi) is 6.05. The Morgan fingerprint density at radius 2 is 1.91 bits per heavy atom. The second kappa shape index (κ2) is 8.24. The van der Waals surface area contributed by atoms with Gasteiger partial charge >= 0.3 is 0 Å². The van der Waals surface area contributed by atoms with Gasteiger partial charge in [0.25, 0.3) is 11.8 Å². The molecule has 0 radical (unpaired) electrons. The lowest BCUT2D eigenvalue weighted by molar-refractivity contribution is 0.0954. The smallest absolute Gasteiger partial charge is 0.252 e. The van der Waals surface area contributed by atoms with Crippen molar-refractivity contribution in [3.05, 3.63) is 65.2 Å². The number of para-hydroxylation sites is 1. The summed E-state index contributed by atoms with van der Waals surface area (Å²) in [6.07, 6.45) is 0. The number of carbonyl (C=O) groups is 2. The van der Waals surface area contributed by atoms with Crippen molar-refractivity contribution in [1.29, 1.82) is 0 Å². The normalized spacial score (nSPS) is 10.1. The minimum atomic E-state index is -0.541. The molecule has 0 aliphatic rings. The zero-order valence-electron chi connectivity index (χ0n) is 12.5. The molecule has 0 aromatic heterocycles. The van der Waals surface area contributed by atoms with E-state index in [4.69, 9.17) is 10.5 Å². The number of hydrogen-bond acceptors (Lipinski definition) is 4. The monoisotopic (exact) mass is 330 g/mol. The van der Waals surface area contributed by atoms with Crippen LogP contribution in [-0.2, 0) is 6.61 Å². The highest BCUT2D eigenvalue weighted by molar-refractivity contribution is 7.80. The summed E-state index contributed by atoms with van der Waals surface area (Å²) in [4.78, 5) is 23.3. The summed E-state index contributed by atoms with van der Waals surface area (Å²) < 4.78 is 5.66. The number of ether oxygens (including phenoxy) is 1. The van der Waals surface area contributed by atoms with Crippen molar-refractivity contribution in [2.75, 3.05) is 12.3 Å². The first-order valence-corrected chi connectivity index (χ1v) is 7.74. The molecule has 5 nitrogen and oxygen atoms in total. The van der Waals surface area contributed by atoms with Crippen molar-refractivity contribution in [2.24, 2.45) is 5.73 Å². The average molecular weight is 330 g/mol. The summed E-state index contributed by atoms with van der Waals surface area (Å²) in [5, 5.41) is 2.76. The number of thiol groups is 1. The van der Waals surface area contributed by atoms with Crippen molar-refractivity contribution >= 4 is 24.4 Å². The first-order chi connectivity index (χ1) is 11.1. The van der Waals surface area contributed by atoms with Gasteiger partial charge in [-0.15, -0.1) is 0 Å². The number of rotatable bonds is 7. The van der Waals surface area contributed by atoms with Crippen molar-refractivity contribution in [1.82, 2.24) is 5.32 Å². The lowest BCUT2D eigenvalue weighted by Crippen LogP contribution is -2.25. The van der Waals surface area contributed by atoms with Crippen LogP contribution in [0.1, 0.15) is 26.3 Å². The highest BCUT2D eigenvalue weighted by Gasteiger charge is 2.09. The molecule has 0 heterocycles. The predicted octanol–water partition coefficient (Wildman–Crippen LogP) is 2.02. The molecular weight excluding hydrogens is 312 g/mol. The standard InChI is InChI=1S/C17H18N2O3S/c18-16(20)14-6-1-2-7-15(14)22-11-12-4-3-5-13(10-12)17(21)19-8-9-23/h1-7,10,23H,8-9,11H2,(H2,18,20)(H,19,21). The van der Waals surface area contributed by atoms with E-state index in [-0.39, 0.29) is 12.5 Å². The van der Waals surface area contributed by atoms with Crippen LogP contribution >= 0.6 is 12.6 Å². The van der Waals surface area contributed by atoms with Crippen LogP contribution in [0.2, 0.25) is 0 Å². The van der Waals surface area contributed by atoms with E-state index in [0.29, 0.717) is 29.2 Å². The molecular formula is C17H18N2O3S. The summed E-state index contributed by atoms with van der Waals surface area (Å²) in [6.45, 7) is 0.743. The van der Waals surface area contributed by atoms with Crippen LogP contribution in [0.5, 0.6) is 5.75 Å². The van der Waals surface area contributed by atoms with Gasteiger partial charge in [-0.3, -0.25) is 9.59 Å². The zero-order valence-corrected chi connectivity index (χ0v) is 13.4. The third-order valence-electron chi connectivity index (χ3n) is 3.13. The predicted molar refractivity (Wildman–Crippen MR) is 91.9 cm³/mol. The average Bonchev–Trinajstić information content (AvgIpc) is 2.58. The Bertz CT molecular complexity index is 704. The first kappa shape index (κ1) is 16.9. The van der Waals surface area contributed by atoms with Gasteiger partial charge in [0.1, 0.15) is 12.4 Å². The number of hydrogen-bond donors (Lipinski definition) is 3. The number of benzene rings is 2. The van der Waals surface area contributed by atoms with E-state index in [1.165, 1.54) is 0 Å². The molecule has 0 aliphatic carbocycles. The van der Waals surface area contributed by atoms with Crippen molar-refractivity contribution in [2.45, 2.75) is 6.61 Å². The van der Waals surface area contributed by atoms with Gasteiger partial charge in [0, 0.05) is 17.9 Å². The third-order valence-corrected chi connectivity index (χ3v) is 3.36. The number of primary amides is 1. The van der Waals surface area contributed by atoms with E-state index < -0.39 is 5.91 Å². The molecule has 0 spiro atoms. The fourth-order valence-electron chi connectivity index (χ4n) is 2.03. The van der Waals surface area contributed by atoms with E-state index in [2.05, 4.69) is 17.9 Å². The van der Waals surface area contributed by atoms with E-state index in [9.17, 15) is 9.59 Å².